The fraction of sp³-hybridized carbons (Fsp3) is 0.368. The summed E-state index contributed by atoms with van der Waals surface area (Å²) >= 11 is 12.1. The van der Waals surface area contributed by atoms with Gasteiger partial charge in [0.1, 0.15) is 4.90 Å². The van der Waals surface area contributed by atoms with Crippen LogP contribution in [0, 0.1) is 20.8 Å². The second kappa shape index (κ2) is 7.29. The molecule has 1 aliphatic rings. The van der Waals surface area contributed by atoms with Gasteiger partial charge in [-0.15, -0.1) is 0 Å². The summed E-state index contributed by atoms with van der Waals surface area (Å²) < 4.78 is 28.6. The van der Waals surface area contributed by atoms with Crippen LogP contribution in [0.25, 0.3) is 0 Å². The summed E-state index contributed by atoms with van der Waals surface area (Å²) in [5, 5.41) is 0.467. The van der Waals surface area contributed by atoms with E-state index in [0.29, 0.717) is 10.7 Å². The topological polar surface area (TPSA) is 49.4 Å². The Bertz CT molecular complexity index is 952. The molecule has 4 nitrogen and oxygen atoms in total. The van der Waals surface area contributed by atoms with E-state index in [0.717, 1.165) is 48.3 Å². The highest BCUT2D eigenvalue weighted by atomic mass is 35.5. The molecular weight excluding hydrogens is 391 g/mol. The van der Waals surface area contributed by atoms with Crippen LogP contribution in [0.4, 0.5) is 11.4 Å². The van der Waals surface area contributed by atoms with Crippen molar-refractivity contribution in [2.45, 2.75) is 38.5 Å². The molecule has 1 aliphatic heterocycles. The second-order valence-electron chi connectivity index (χ2n) is 6.73. The summed E-state index contributed by atoms with van der Waals surface area (Å²) in [4.78, 5) is 2.31. The smallest absolute Gasteiger partial charge is 0.263 e. The Morgan fingerprint density at radius 3 is 2.31 bits per heavy atom. The third-order valence-electron chi connectivity index (χ3n) is 4.77. The first kappa shape index (κ1) is 19.3. The average Bonchev–Trinajstić information content (AvgIpc) is 3.07. The van der Waals surface area contributed by atoms with Gasteiger partial charge in [0.2, 0.25) is 0 Å². The molecule has 0 radical (unpaired) electrons. The van der Waals surface area contributed by atoms with Gasteiger partial charge in [0, 0.05) is 23.8 Å². The molecule has 0 saturated carbocycles. The number of halogens is 2. The van der Waals surface area contributed by atoms with Gasteiger partial charge in [-0.3, -0.25) is 4.72 Å². The van der Waals surface area contributed by atoms with Crippen molar-refractivity contribution < 1.29 is 8.42 Å². The SMILES string of the molecule is Cc1cc(C)c(N2CCCC2)c(C)c1NS(=O)(=O)c1cc(Cl)ccc1Cl. The molecule has 26 heavy (non-hydrogen) atoms. The Kier molecular flexibility index (Phi) is 5.42. The Morgan fingerprint density at radius 1 is 1.00 bits per heavy atom. The minimum Gasteiger partial charge on any atom is -0.371 e. The monoisotopic (exact) mass is 412 g/mol. The van der Waals surface area contributed by atoms with Gasteiger partial charge in [0.25, 0.3) is 10.0 Å². The van der Waals surface area contributed by atoms with E-state index in [4.69, 9.17) is 23.2 Å². The molecule has 0 atom stereocenters. The maximum absolute atomic E-state index is 12.9. The number of nitrogens with one attached hydrogen (secondary N) is 1. The number of anilines is 2. The summed E-state index contributed by atoms with van der Waals surface area (Å²) in [7, 11) is -3.85. The first-order valence-electron chi connectivity index (χ1n) is 8.54. The van der Waals surface area contributed by atoms with E-state index in [9.17, 15) is 8.42 Å². The molecule has 1 saturated heterocycles. The molecule has 140 valence electrons. The summed E-state index contributed by atoms with van der Waals surface area (Å²) in [5.74, 6) is 0. The van der Waals surface area contributed by atoms with Gasteiger partial charge >= 0.3 is 0 Å². The molecule has 0 aliphatic carbocycles. The standard InChI is InChI=1S/C19H22Cl2N2O2S/c1-12-10-13(2)19(23-8-4-5-9-23)14(3)18(12)22-26(24,25)17-11-15(20)6-7-16(17)21/h6-7,10-11,22H,4-5,8-9H2,1-3H3. The zero-order chi connectivity index (χ0) is 19.1. The van der Waals surface area contributed by atoms with Gasteiger partial charge in [-0.25, -0.2) is 8.42 Å². The van der Waals surface area contributed by atoms with Crippen LogP contribution in [0.15, 0.2) is 29.2 Å². The van der Waals surface area contributed by atoms with Gasteiger partial charge in [-0.2, -0.15) is 0 Å². The highest BCUT2D eigenvalue weighted by Gasteiger charge is 2.24. The van der Waals surface area contributed by atoms with Crippen LogP contribution in [0.3, 0.4) is 0 Å². The Morgan fingerprint density at radius 2 is 1.65 bits per heavy atom. The summed E-state index contributed by atoms with van der Waals surface area (Å²) in [6, 6.07) is 6.45. The molecule has 3 rings (SSSR count). The van der Waals surface area contributed by atoms with Crippen molar-refractivity contribution in [3.8, 4) is 0 Å². The first-order chi connectivity index (χ1) is 12.2. The highest BCUT2D eigenvalue weighted by Crippen LogP contribution is 2.37. The molecular formula is C19H22Cl2N2O2S. The fourth-order valence-corrected chi connectivity index (χ4v) is 5.59. The van der Waals surface area contributed by atoms with Crippen LogP contribution in [0.5, 0.6) is 0 Å². The fourth-order valence-electron chi connectivity index (χ4n) is 3.63. The molecule has 0 amide bonds. The maximum Gasteiger partial charge on any atom is 0.263 e. The van der Waals surface area contributed by atoms with Gasteiger partial charge in [0.15, 0.2) is 0 Å². The average molecular weight is 413 g/mol. The van der Waals surface area contributed by atoms with E-state index in [1.54, 1.807) is 6.07 Å². The predicted octanol–water partition coefficient (Wildman–Crippen LogP) is 5.32. The molecule has 2 aromatic carbocycles. The number of hydrogen-bond donors (Lipinski definition) is 1. The van der Waals surface area contributed by atoms with Crippen molar-refractivity contribution in [2.24, 2.45) is 0 Å². The summed E-state index contributed by atoms with van der Waals surface area (Å²) in [6.45, 7) is 7.93. The van der Waals surface area contributed by atoms with Crippen molar-refractivity contribution in [1.82, 2.24) is 0 Å². The zero-order valence-corrected chi connectivity index (χ0v) is 17.4. The Hall–Kier alpha value is -1.43. The van der Waals surface area contributed by atoms with Crippen molar-refractivity contribution in [2.75, 3.05) is 22.7 Å². The van der Waals surface area contributed by atoms with Gasteiger partial charge < -0.3 is 4.90 Å². The number of benzene rings is 2. The third-order valence-corrected chi connectivity index (χ3v) is 6.84. The lowest BCUT2D eigenvalue weighted by atomic mass is 10.0. The number of nitrogens with zero attached hydrogens (tertiary/aromatic N) is 1. The van der Waals surface area contributed by atoms with E-state index < -0.39 is 10.0 Å². The van der Waals surface area contributed by atoms with Crippen molar-refractivity contribution in [3.63, 3.8) is 0 Å². The van der Waals surface area contributed by atoms with E-state index >= 15 is 0 Å². The van der Waals surface area contributed by atoms with Gasteiger partial charge in [-0.1, -0.05) is 29.3 Å². The first-order valence-corrected chi connectivity index (χ1v) is 10.8. The van der Waals surface area contributed by atoms with E-state index in [-0.39, 0.29) is 9.92 Å². The number of aryl methyl sites for hydroxylation is 2. The quantitative estimate of drug-likeness (QED) is 0.738. The molecule has 1 fully saturated rings. The third kappa shape index (κ3) is 3.66. The largest absolute Gasteiger partial charge is 0.371 e. The van der Waals surface area contributed by atoms with E-state index in [2.05, 4.69) is 16.5 Å². The molecule has 0 bridgehead atoms. The van der Waals surface area contributed by atoms with Crippen LogP contribution in [-0.4, -0.2) is 21.5 Å². The minimum atomic E-state index is -3.85. The van der Waals surface area contributed by atoms with Crippen LogP contribution < -0.4 is 9.62 Å². The molecule has 1 heterocycles. The number of hydrogen-bond acceptors (Lipinski definition) is 3. The molecule has 0 spiro atoms. The van der Waals surface area contributed by atoms with Crippen LogP contribution in [0.1, 0.15) is 29.5 Å². The molecule has 0 unspecified atom stereocenters. The van der Waals surface area contributed by atoms with Gasteiger partial charge in [-0.05, 0) is 68.5 Å². The minimum absolute atomic E-state index is 0.0197. The normalized spacial score (nSPS) is 14.7. The van der Waals surface area contributed by atoms with Crippen molar-refractivity contribution in [3.05, 3.63) is 51.0 Å². The van der Waals surface area contributed by atoms with Crippen LogP contribution in [0.2, 0.25) is 10.0 Å². The van der Waals surface area contributed by atoms with E-state index in [1.807, 2.05) is 19.9 Å². The van der Waals surface area contributed by atoms with Crippen LogP contribution >= 0.6 is 23.2 Å². The lowest BCUT2D eigenvalue weighted by Crippen LogP contribution is -2.22. The lowest BCUT2D eigenvalue weighted by molar-refractivity contribution is 0.601. The molecule has 2 aromatic rings. The highest BCUT2D eigenvalue weighted by molar-refractivity contribution is 7.92. The lowest BCUT2D eigenvalue weighted by Gasteiger charge is -2.26. The van der Waals surface area contributed by atoms with Gasteiger partial charge in [0.05, 0.1) is 10.7 Å². The van der Waals surface area contributed by atoms with Crippen LogP contribution in [-0.2, 0) is 10.0 Å². The van der Waals surface area contributed by atoms with Crippen molar-refractivity contribution in [1.29, 1.82) is 0 Å². The number of rotatable bonds is 4. The van der Waals surface area contributed by atoms with Crippen molar-refractivity contribution >= 4 is 44.6 Å². The maximum atomic E-state index is 12.9. The molecule has 7 heteroatoms. The Labute approximate surface area is 165 Å². The predicted molar refractivity (Wildman–Crippen MR) is 109 cm³/mol. The summed E-state index contributed by atoms with van der Waals surface area (Å²) in [6.07, 6.45) is 2.32. The molecule has 1 N–H and O–H groups in total. The zero-order valence-electron chi connectivity index (χ0n) is 15.1. The molecule has 0 aromatic heterocycles. The summed E-state index contributed by atoms with van der Waals surface area (Å²) in [5.41, 5.74) is 4.69. The number of sulfonamides is 1. The Balaban J connectivity index is 2.07. The second-order valence-corrected chi connectivity index (χ2v) is 9.23. The van der Waals surface area contributed by atoms with E-state index in [1.165, 1.54) is 12.1 Å².